The minimum atomic E-state index is -0.0826. The predicted octanol–water partition coefficient (Wildman–Crippen LogP) is 2.19. The van der Waals surface area contributed by atoms with Gasteiger partial charge in [0, 0.05) is 23.6 Å². The molecule has 1 unspecified atom stereocenters. The molecule has 0 saturated carbocycles. The molecule has 4 nitrogen and oxygen atoms in total. The summed E-state index contributed by atoms with van der Waals surface area (Å²) in [5.41, 5.74) is 0.866. The molecule has 0 aromatic carbocycles. The molecular formula is C13H23N3OS. The standard InChI is InChI=1S/C13H23N3OS/c1-6-14-10(13(3,4)5)8-18-12-15-9(2)7-11(17)16-12/h7,10,14H,6,8H2,1-5H3,(H,15,16,17). The molecule has 0 saturated heterocycles. The fourth-order valence-corrected chi connectivity index (χ4v) is 2.97. The van der Waals surface area contributed by atoms with E-state index in [4.69, 9.17) is 0 Å². The van der Waals surface area contributed by atoms with Crippen molar-refractivity contribution in [1.29, 1.82) is 0 Å². The first kappa shape index (κ1) is 15.2. The smallest absolute Gasteiger partial charge is 0.251 e. The number of aromatic amines is 1. The van der Waals surface area contributed by atoms with Gasteiger partial charge in [-0.25, -0.2) is 4.98 Å². The Kier molecular flexibility index (Phi) is 5.41. The minimum absolute atomic E-state index is 0.0826. The van der Waals surface area contributed by atoms with Crippen LogP contribution in [0.5, 0.6) is 0 Å². The van der Waals surface area contributed by atoms with E-state index in [1.165, 1.54) is 6.07 Å². The Morgan fingerprint density at radius 1 is 1.50 bits per heavy atom. The van der Waals surface area contributed by atoms with Gasteiger partial charge < -0.3 is 10.3 Å². The van der Waals surface area contributed by atoms with Gasteiger partial charge in [0.1, 0.15) is 0 Å². The Labute approximate surface area is 113 Å². The summed E-state index contributed by atoms with van der Waals surface area (Å²) in [6.45, 7) is 11.5. The maximum atomic E-state index is 11.4. The zero-order valence-corrected chi connectivity index (χ0v) is 12.6. The zero-order valence-electron chi connectivity index (χ0n) is 11.8. The Balaban J connectivity index is 2.70. The van der Waals surface area contributed by atoms with Crippen molar-refractivity contribution in [1.82, 2.24) is 15.3 Å². The van der Waals surface area contributed by atoms with Crippen LogP contribution in [-0.2, 0) is 0 Å². The predicted molar refractivity (Wildman–Crippen MR) is 77.2 cm³/mol. The molecule has 0 spiro atoms. The van der Waals surface area contributed by atoms with Crippen molar-refractivity contribution >= 4 is 11.8 Å². The van der Waals surface area contributed by atoms with Crippen molar-refractivity contribution in [2.75, 3.05) is 12.3 Å². The molecule has 0 amide bonds. The highest BCUT2D eigenvalue weighted by Gasteiger charge is 2.23. The lowest BCUT2D eigenvalue weighted by Crippen LogP contribution is -2.42. The van der Waals surface area contributed by atoms with Gasteiger partial charge in [-0.15, -0.1) is 0 Å². The quantitative estimate of drug-likeness (QED) is 0.635. The number of aromatic nitrogens is 2. The largest absolute Gasteiger partial charge is 0.313 e. The highest BCUT2D eigenvalue weighted by molar-refractivity contribution is 7.99. The van der Waals surface area contributed by atoms with E-state index in [0.29, 0.717) is 11.2 Å². The van der Waals surface area contributed by atoms with Crippen LogP contribution >= 0.6 is 11.8 Å². The lowest BCUT2D eigenvalue weighted by atomic mass is 9.88. The fourth-order valence-electron chi connectivity index (χ4n) is 1.64. The molecule has 0 aliphatic carbocycles. The summed E-state index contributed by atoms with van der Waals surface area (Å²) >= 11 is 1.59. The van der Waals surface area contributed by atoms with Gasteiger partial charge in [-0.3, -0.25) is 4.79 Å². The van der Waals surface area contributed by atoms with Gasteiger partial charge in [0.25, 0.3) is 5.56 Å². The number of rotatable bonds is 5. The van der Waals surface area contributed by atoms with Gasteiger partial charge in [-0.05, 0) is 18.9 Å². The molecule has 2 N–H and O–H groups in total. The number of H-pyrrole nitrogens is 1. The van der Waals surface area contributed by atoms with Crippen molar-refractivity contribution in [3.63, 3.8) is 0 Å². The number of hydrogen-bond acceptors (Lipinski definition) is 4. The van der Waals surface area contributed by atoms with E-state index in [0.717, 1.165) is 18.0 Å². The van der Waals surface area contributed by atoms with E-state index < -0.39 is 0 Å². The molecule has 18 heavy (non-hydrogen) atoms. The van der Waals surface area contributed by atoms with Crippen LogP contribution in [0.25, 0.3) is 0 Å². The molecule has 102 valence electrons. The van der Waals surface area contributed by atoms with Gasteiger partial charge in [-0.1, -0.05) is 39.5 Å². The molecule has 1 aromatic heterocycles. The molecule has 1 aromatic rings. The third-order valence-corrected chi connectivity index (χ3v) is 3.70. The molecule has 0 fully saturated rings. The maximum Gasteiger partial charge on any atom is 0.251 e. The highest BCUT2D eigenvalue weighted by atomic mass is 32.2. The van der Waals surface area contributed by atoms with E-state index in [-0.39, 0.29) is 11.0 Å². The van der Waals surface area contributed by atoms with Crippen molar-refractivity contribution in [3.8, 4) is 0 Å². The van der Waals surface area contributed by atoms with Crippen LogP contribution in [0.4, 0.5) is 0 Å². The van der Waals surface area contributed by atoms with E-state index >= 15 is 0 Å². The second-order valence-electron chi connectivity index (χ2n) is 5.48. The first-order chi connectivity index (χ1) is 8.32. The summed E-state index contributed by atoms with van der Waals surface area (Å²) < 4.78 is 0. The van der Waals surface area contributed by atoms with Crippen LogP contribution in [0.15, 0.2) is 16.0 Å². The van der Waals surface area contributed by atoms with Crippen molar-refractivity contribution in [2.45, 2.75) is 45.8 Å². The van der Waals surface area contributed by atoms with Crippen LogP contribution in [0.1, 0.15) is 33.4 Å². The SMILES string of the molecule is CCNC(CSc1nc(C)cc(=O)[nH]1)C(C)(C)C. The monoisotopic (exact) mass is 269 g/mol. The lowest BCUT2D eigenvalue weighted by Gasteiger charge is -2.31. The van der Waals surface area contributed by atoms with Gasteiger partial charge in [0.2, 0.25) is 0 Å². The van der Waals surface area contributed by atoms with Crippen LogP contribution in [0, 0.1) is 12.3 Å². The van der Waals surface area contributed by atoms with Crippen LogP contribution in [-0.4, -0.2) is 28.3 Å². The first-order valence-electron chi connectivity index (χ1n) is 6.27. The first-order valence-corrected chi connectivity index (χ1v) is 7.25. The molecule has 5 heteroatoms. The third kappa shape index (κ3) is 4.82. The summed E-state index contributed by atoms with van der Waals surface area (Å²) in [4.78, 5) is 18.4. The summed E-state index contributed by atoms with van der Waals surface area (Å²) in [6, 6.07) is 1.90. The van der Waals surface area contributed by atoms with Crippen molar-refractivity contribution in [3.05, 3.63) is 22.1 Å². The summed E-state index contributed by atoms with van der Waals surface area (Å²) in [7, 11) is 0. The average Bonchev–Trinajstić information content (AvgIpc) is 2.21. The molecule has 0 bridgehead atoms. The molecule has 0 aliphatic rings. The van der Waals surface area contributed by atoms with E-state index in [2.05, 4.69) is 43.0 Å². The van der Waals surface area contributed by atoms with Crippen LogP contribution in [0.2, 0.25) is 0 Å². The Hall–Kier alpha value is -0.810. The van der Waals surface area contributed by atoms with Gasteiger partial charge >= 0.3 is 0 Å². The molecular weight excluding hydrogens is 246 g/mol. The molecule has 1 rings (SSSR count). The number of aryl methyl sites for hydroxylation is 1. The zero-order chi connectivity index (χ0) is 13.8. The average molecular weight is 269 g/mol. The Bertz CT molecular complexity index is 437. The van der Waals surface area contributed by atoms with Crippen molar-refractivity contribution < 1.29 is 0 Å². The number of nitrogens with zero attached hydrogens (tertiary/aromatic N) is 1. The fraction of sp³-hybridized carbons (Fsp3) is 0.692. The maximum absolute atomic E-state index is 11.4. The van der Waals surface area contributed by atoms with E-state index in [1.807, 2.05) is 6.92 Å². The summed E-state index contributed by atoms with van der Waals surface area (Å²) in [5.74, 6) is 0.893. The summed E-state index contributed by atoms with van der Waals surface area (Å²) in [5, 5.41) is 4.18. The van der Waals surface area contributed by atoms with Crippen molar-refractivity contribution in [2.24, 2.45) is 5.41 Å². The minimum Gasteiger partial charge on any atom is -0.313 e. The number of nitrogens with one attached hydrogen (secondary N) is 2. The molecule has 0 aliphatic heterocycles. The normalized spacial score (nSPS) is 13.6. The second kappa shape index (κ2) is 6.38. The lowest BCUT2D eigenvalue weighted by molar-refractivity contribution is 0.295. The van der Waals surface area contributed by atoms with Gasteiger partial charge in [0.15, 0.2) is 5.16 Å². The molecule has 0 radical (unpaired) electrons. The third-order valence-electron chi connectivity index (χ3n) is 2.73. The van der Waals surface area contributed by atoms with E-state index in [1.54, 1.807) is 11.8 Å². The number of thioether (sulfide) groups is 1. The molecule has 1 heterocycles. The second-order valence-corrected chi connectivity index (χ2v) is 6.49. The van der Waals surface area contributed by atoms with Crippen LogP contribution in [0.3, 0.4) is 0 Å². The summed E-state index contributed by atoms with van der Waals surface area (Å²) in [6.07, 6.45) is 0. The molecule has 1 atom stereocenters. The van der Waals surface area contributed by atoms with Gasteiger partial charge in [0.05, 0.1) is 0 Å². The van der Waals surface area contributed by atoms with Crippen LogP contribution < -0.4 is 10.9 Å². The highest BCUT2D eigenvalue weighted by Crippen LogP contribution is 2.24. The Morgan fingerprint density at radius 2 is 2.17 bits per heavy atom. The Morgan fingerprint density at radius 3 is 2.67 bits per heavy atom. The topological polar surface area (TPSA) is 57.8 Å². The van der Waals surface area contributed by atoms with E-state index in [9.17, 15) is 4.79 Å². The number of hydrogen-bond donors (Lipinski definition) is 2. The van der Waals surface area contributed by atoms with Gasteiger partial charge in [-0.2, -0.15) is 0 Å².